The Morgan fingerprint density at radius 3 is 3.11 bits per heavy atom. The molecule has 4 heteroatoms. The first kappa shape index (κ1) is 9.69. The molecule has 5 rings (SSSR count). The fourth-order valence-corrected chi connectivity index (χ4v) is 4.02. The fraction of sp³-hybridized carbons (Fsp3) is 0.0667. The minimum absolute atomic E-state index is 0.870. The molecule has 0 amide bonds. The Kier molecular flexibility index (Phi) is 1.64. The van der Waals surface area contributed by atoms with Crippen LogP contribution in [0.15, 0.2) is 47.0 Å². The van der Waals surface area contributed by atoms with Gasteiger partial charge in [0.2, 0.25) is 0 Å². The van der Waals surface area contributed by atoms with Gasteiger partial charge in [-0.25, -0.2) is 4.98 Å². The number of hydrogen-bond acceptors (Lipinski definition) is 3. The monoisotopic (exact) mass is 265 g/mol. The average molecular weight is 265 g/mol. The van der Waals surface area contributed by atoms with Crippen molar-refractivity contribution in [3.8, 4) is 10.6 Å². The molecule has 0 bridgehead atoms. The maximum Gasteiger partial charge on any atom is 0.290 e. The lowest BCUT2D eigenvalue weighted by Crippen LogP contribution is -2.30. The first-order valence-corrected chi connectivity index (χ1v) is 7.01. The molecule has 0 fully saturated rings. The second kappa shape index (κ2) is 3.22. The van der Waals surface area contributed by atoms with Gasteiger partial charge in [0.25, 0.3) is 15.4 Å². The molecule has 0 atom stereocenters. The van der Waals surface area contributed by atoms with Crippen LogP contribution in [0.3, 0.4) is 0 Å². The summed E-state index contributed by atoms with van der Waals surface area (Å²) in [6.45, 7) is 0.913. The van der Waals surface area contributed by atoms with Gasteiger partial charge in [-0.3, -0.25) is 0 Å². The summed E-state index contributed by atoms with van der Waals surface area (Å²) in [4.78, 5) is 5.44. The van der Waals surface area contributed by atoms with E-state index in [0.29, 0.717) is 0 Å². The Balaban J connectivity index is 1.94. The lowest BCUT2D eigenvalue weighted by atomic mass is 10.1. The van der Waals surface area contributed by atoms with Crippen LogP contribution in [0.25, 0.3) is 32.1 Å². The number of aromatic nitrogens is 2. The number of benzene rings is 1. The van der Waals surface area contributed by atoms with Crippen LogP contribution >= 0.6 is 11.3 Å². The molecule has 90 valence electrons. The zero-order chi connectivity index (χ0) is 12.4. The molecule has 1 aliphatic rings. The van der Waals surface area contributed by atoms with Crippen molar-refractivity contribution < 1.29 is 8.98 Å². The minimum atomic E-state index is 0.870. The second-order valence-electron chi connectivity index (χ2n) is 4.74. The van der Waals surface area contributed by atoms with Gasteiger partial charge < -0.3 is 4.42 Å². The van der Waals surface area contributed by atoms with Gasteiger partial charge in [-0.1, -0.05) is 18.2 Å². The third-order valence-corrected chi connectivity index (χ3v) is 4.77. The maximum absolute atomic E-state index is 5.90. The normalized spacial score (nSPS) is 13.1. The molecule has 0 radical (unpaired) electrons. The minimum Gasteiger partial charge on any atom is -0.437 e. The fourth-order valence-electron chi connectivity index (χ4n) is 2.84. The van der Waals surface area contributed by atoms with Crippen molar-refractivity contribution in [3.63, 3.8) is 0 Å². The van der Waals surface area contributed by atoms with Crippen molar-refractivity contribution in [2.75, 3.05) is 0 Å². The highest BCUT2D eigenvalue weighted by Crippen LogP contribution is 2.38. The van der Waals surface area contributed by atoms with Crippen molar-refractivity contribution in [2.45, 2.75) is 6.54 Å². The van der Waals surface area contributed by atoms with Crippen LogP contribution in [0.4, 0.5) is 0 Å². The van der Waals surface area contributed by atoms with E-state index < -0.39 is 0 Å². The Labute approximate surface area is 112 Å². The van der Waals surface area contributed by atoms with Crippen molar-refractivity contribution in [3.05, 3.63) is 48.2 Å². The van der Waals surface area contributed by atoms with Crippen molar-refractivity contribution in [2.24, 2.45) is 0 Å². The number of nitrogens with zero attached hydrogens (tertiary/aromatic N) is 2. The van der Waals surface area contributed by atoms with Crippen LogP contribution in [-0.2, 0) is 6.54 Å². The van der Waals surface area contributed by atoms with E-state index in [1.54, 1.807) is 11.3 Å². The SMILES string of the molecule is c1ccc2c(c1)C[n+]1c-2sc2oc3cccnc3c21. The van der Waals surface area contributed by atoms with Gasteiger partial charge in [-0.15, -0.1) is 0 Å². The largest absolute Gasteiger partial charge is 0.437 e. The third-order valence-electron chi connectivity index (χ3n) is 3.67. The lowest BCUT2D eigenvalue weighted by molar-refractivity contribution is -0.641. The van der Waals surface area contributed by atoms with Crippen LogP contribution in [0.1, 0.15) is 5.56 Å². The number of pyridine rings is 1. The predicted molar refractivity (Wildman–Crippen MR) is 74.1 cm³/mol. The van der Waals surface area contributed by atoms with Crippen LogP contribution in [0, 0.1) is 0 Å². The summed E-state index contributed by atoms with van der Waals surface area (Å²) in [6, 6.07) is 12.4. The van der Waals surface area contributed by atoms with Gasteiger partial charge >= 0.3 is 0 Å². The molecule has 1 aliphatic heterocycles. The van der Waals surface area contributed by atoms with Gasteiger partial charge in [0.05, 0.1) is 5.56 Å². The smallest absolute Gasteiger partial charge is 0.290 e. The molecule has 0 N–H and O–H groups in total. The van der Waals surface area contributed by atoms with E-state index >= 15 is 0 Å². The lowest BCUT2D eigenvalue weighted by Gasteiger charge is -1.89. The van der Waals surface area contributed by atoms with E-state index in [4.69, 9.17) is 4.42 Å². The Hall–Kier alpha value is -2.20. The summed E-state index contributed by atoms with van der Waals surface area (Å²) < 4.78 is 8.22. The standard InChI is InChI=1S/C15H9N2OS/c1-2-5-10-9(4-1)8-17-13-12-11(6-3-7-16-12)18-15(13)19-14(10)17/h1-7H,8H2/q+1. The average Bonchev–Trinajstić information content (AvgIpc) is 3.05. The summed E-state index contributed by atoms with van der Waals surface area (Å²) in [5.74, 6) is 0. The summed E-state index contributed by atoms with van der Waals surface area (Å²) >= 11 is 1.71. The van der Waals surface area contributed by atoms with Crippen LogP contribution in [-0.4, -0.2) is 4.98 Å². The molecule has 0 saturated carbocycles. The predicted octanol–water partition coefficient (Wildman–Crippen LogP) is 3.36. The zero-order valence-corrected chi connectivity index (χ0v) is 10.8. The summed E-state index contributed by atoms with van der Waals surface area (Å²) in [5.41, 5.74) is 5.67. The molecule has 0 unspecified atom stereocenters. The molecular formula is C15H9N2OS+. The van der Waals surface area contributed by atoms with Crippen LogP contribution < -0.4 is 4.57 Å². The molecule has 1 aromatic carbocycles. The molecule has 4 heterocycles. The highest BCUT2D eigenvalue weighted by atomic mass is 32.1. The van der Waals surface area contributed by atoms with Crippen molar-refractivity contribution >= 4 is 32.8 Å². The zero-order valence-electron chi connectivity index (χ0n) is 9.96. The van der Waals surface area contributed by atoms with Crippen LogP contribution in [0.5, 0.6) is 0 Å². The van der Waals surface area contributed by atoms with Crippen molar-refractivity contribution in [1.82, 2.24) is 4.98 Å². The Morgan fingerprint density at radius 2 is 2.11 bits per heavy atom. The molecular weight excluding hydrogens is 256 g/mol. The molecule has 19 heavy (non-hydrogen) atoms. The van der Waals surface area contributed by atoms with E-state index in [1.165, 1.54) is 16.1 Å². The number of rotatable bonds is 0. The highest BCUT2D eigenvalue weighted by Gasteiger charge is 2.34. The topological polar surface area (TPSA) is 29.9 Å². The van der Waals surface area contributed by atoms with E-state index in [9.17, 15) is 0 Å². The van der Waals surface area contributed by atoms with E-state index in [-0.39, 0.29) is 0 Å². The second-order valence-corrected chi connectivity index (χ2v) is 5.70. The van der Waals surface area contributed by atoms with Gasteiger partial charge in [-0.05, 0) is 29.5 Å². The maximum atomic E-state index is 5.90. The number of hydrogen-bond donors (Lipinski definition) is 0. The summed E-state index contributed by atoms with van der Waals surface area (Å²) in [5, 5.41) is 1.27. The van der Waals surface area contributed by atoms with Gasteiger partial charge in [0, 0.05) is 11.8 Å². The quantitative estimate of drug-likeness (QED) is 0.402. The highest BCUT2D eigenvalue weighted by molar-refractivity contribution is 7.20. The Bertz CT molecular complexity index is 951. The third kappa shape index (κ3) is 1.12. The first-order chi connectivity index (χ1) is 9.42. The molecule has 3 aromatic heterocycles. The van der Waals surface area contributed by atoms with Gasteiger partial charge in [0.1, 0.15) is 0 Å². The summed E-state index contributed by atoms with van der Waals surface area (Å²) in [6.07, 6.45) is 1.82. The van der Waals surface area contributed by atoms with E-state index in [1.807, 2.05) is 18.3 Å². The van der Waals surface area contributed by atoms with E-state index in [0.717, 1.165) is 28.1 Å². The molecule has 0 aliphatic carbocycles. The van der Waals surface area contributed by atoms with Gasteiger partial charge in [0.15, 0.2) is 17.6 Å². The van der Waals surface area contributed by atoms with Gasteiger partial charge in [-0.2, -0.15) is 4.57 Å². The van der Waals surface area contributed by atoms with Crippen LogP contribution in [0.2, 0.25) is 0 Å². The summed E-state index contributed by atoms with van der Waals surface area (Å²) in [7, 11) is 0. The number of furan rings is 1. The van der Waals surface area contributed by atoms with Crippen molar-refractivity contribution in [1.29, 1.82) is 0 Å². The van der Waals surface area contributed by atoms with E-state index in [2.05, 4.69) is 33.8 Å². The molecule has 0 saturated heterocycles. The first-order valence-electron chi connectivity index (χ1n) is 6.20. The number of fused-ring (bicyclic) bond motifs is 7. The molecule has 0 spiro atoms. The molecule has 3 nitrogen and oxygen atoms in total. The molecule has 4 aromatic rings. The number of thiazole rings is 1. The Morgan fingerprint density at radius 1 is 1.16 bits per heavy atom.